The van der Waals surface area contributed by atoms with Crippen molar-refractivity contribution < 1.29 is 18.0 Å². The van der Waals surface area contributed by atoms with Gasteiger partial charge in [-0.05, 0) is 48.6 Å². The van der Waals surface area contributed by atoms with Crippen molar-refractivity contribution in [2.24, 2.45) is 5.92 Å². The summed E-state index contributed by atoms with van der Waals surface area (Å²) in [6.45, 7) is 7.83. The van der Waals surface area contributed by atoms with E-state index in [-0.39, 0.29) is 29.1 Å². The minimum Gasteiger partial charge on any atom is -0.354 e. The predicted octanol–water partition coefficient (Wildman–Crippen LogP) is 4.65. The Balaban J connectivity index is 2.47. The number of hydrogen-bond acceptors (Lipinski definition) is 4. The van der Waals surface area contributed by atoms with Gasteiger partial charge in [0, 0.05) is 18.1 Å². The second-order valence-corrected chi connectivity index (χ2v) is 11.6. The Kier molecular flexibility index (Phi) is 10.4. The van der Waals surface area contributed by atoms with Gasteiger partial charge in [-0.2, -0.15) is 0 Å². The van der Waals surface area contributed by atoms with Crippen molar-refractivity contribution in [2.75, 3.05) is 23.7 Å². The zero-order valence-corrected chi connectivity index (χ0v) is 23.0. The van der Waals surface area contributed by atoms with Crippen LogP contribution in [0.15, 0.2) is 42.5 Å². The van der Waals surface area contributed by atoms with E-state index in [1.165, 1.54) is 23.1 Å². The number of amides is 2. The van der Waals surface area contributed by atoms with Gasteiger partial charge in [-0.3, -0.25) is 13.9 Å². The summed E-state index contributed by atoms with van der Waals surface area (Å²) in [5.74, 6) is -0.556. The average Bonchev–Trinajstić information content (AvgIpc) is 2.76. The van der Waals surface area contributed by atoms with E-state index < -0.39 is 28.5 Å². The third kappa shape index (κ3) is 8.12. The number of sulfonamides is 1. The quantitative estimate of drug-likeness (QED) is 0.448. The van der Waals surface area contributed by atoms with Crippen molar-refractivity contribution in [3.8, 4) is 0 Å². The van der Waals surface area contributed by atoms with Crippen molar-refractivity contribution in [1.29, 1.82) is 0 Å². The lowest BCUT2D eigenvalue weighted by Crippen LogP contribution is -2.52. The Labute approximate surface area is 218 Å². The van der Waals surface area contributed by atoms with Gasteiger partial charge in [0.25, 0.3) is 0 Å². The molecule has 0 aliphatic rings. The fraction of sp³-hybridized carbons (Fsp3) is 0.440. The number of nitrogens with zero attached hydrogens (tertiary/aromatic N) is 2. The first kappa shape index (κ1) is 28.9. The van der Waals surface area contributed by atoms with Gasteiger partial charge in [0.15, 0.2) is 0 Å². The number of aryl methyl sites for hydroxylation is 1. The van der Waals surface area contributed by atoms with Crippen LogP contribution in [-0.2, 0) is 26.2 Å². The molecule has 0 spiro atoms. The molecule has 7 nitrogen and oxygen atoms in total. The molecule has 0 aromatic heterocycles. The lowest BCUT2D eigenvalue weighted by molar-refractivity contribution is -0.140. The van der Waals surface area contributed by atoms with E-state index in [1.54, 1.807) is 0 Å². The Morgan fingerprint density at radius 1 is 1.09 bits per heavy atom. The summed E-state index contributed by atoms with van der Waals surface area (Å²) in [5, 5.41) is 3.34. The molecule has 2 rings (SSSR count). The highest BCUT2D eigenvalue weighted by Crippen LogP contribution is 2.30. The second kappa shape index (κ2) is 12.6. The molecule has 0 radical (unpaired) electrons. The number of nitrogens with one attached hydrogen (secondary N) is 1. The zero-order valence-electron chi connectivity index (χ0n) is 20.7. The Morgan fingerprint density at radius 3 is 2.29 bits per heavy atom. The summed E-state index contributed by atoms with van der Waals surface area (Å²) in [5.41, 5.74) is 1.97. The van der Waals surface area contributed by atoms with E-state index in [2.05, 4.69) is 5.32 Å². The zero-order chi connectivity index (χ0) is 26.3. The van der Waals surface area contributed by atoms with Crippen molar-refractivity contribution in [2.45, 2.75) is 46.7 Å². The van der Waals surface area contributed by atoms with Gasteiger partial charge >= 0.3 is 0 Å². The maximum absolute atomic E-state index is 13.7. The van der Waals surface area contributed by atoms with E-state index in [0.717, 1.165) is 21.7 Å². The Morgan fingerprint density at radius 2 is 1.74 bits per heavy atom. The van der Waals surface area contributed by atoms with Crippen molar-refractivity contribution in [1.82, 2.24) is 10.2 Å². The van der Waals surface area contributed by atoms with Gasteiger partial charge < -0.3 is 10.2 Å². The standard InChI is InChI=1S/C25H33Cl2N3O4S/c1-6-22(25(32)28-14-17(2)3)29(15-19-10-8-7-9-18(19)4)24(31)16-30(35(5,33)34)23-12-11-20(26)13-21(23)27/h7-13,17,22H,6,14-16H2,1-5H3,(H,28,32). The van der Waals surface area contributed by atoms with Crippen LogP contribution in [0.1, 0.15) is 38.3 Å². The van der Waals surface area contributed by atoms with Crippen LogP contribution < -0.4 is 9.62 Å². The maximum Gasteiger partial charge on any atom is 0.244 e. The number of anilines is 1. The average molecular weight is 543 g/mol. The van der Waals surface area contributed by atoms with Crippen molar-refractivity contribution in [3.63, 3.8) is 0 Å². The van der Waals surface area contributed by atoms with E-state index >= 15 is 0 Å². The number of halogens is 2. The van der Waals surface area contributed by atoms with Gasteiger partial charge in [-0.1, -0.05) is 68.2 Å². The molecule has 0 saturated heterocycles. The fourth-order valence-electron chi connectivity index (χ4n) is 3.59. The molecule has 2 aromatic carbocycles. The van der Waals surface area contributed by atoms with Gasteiger partial charge in [0.2, 0.25) is 21.8 Å². The molecule has 2 aromatic rings. The molecule has 0 aliphatic heterocycles. The first-order chi connectivity index (χ1) is 16.3. The molecule has 0 bridgehead atoms. The third-order valence-corrected chi connectivity index (χ3v) is 7.19. The summed E-state index contributed by atoms with van der Waals surface area (Å²) in [6, 6.07) is 11.2. The van der Waals surface area contributed by atoms with Crippen LogP contribution in [-0.4, -0.2) is 50.5 Å². The first-order valence-corrected chi connectivity index (χ1v) is 14.0. The molecule has 0 aliphatic carbocycles. The van der Waals surface area contributed by atoms with Crippen LogP contribution >= 0.6 is 23.2 Å². The largest absolute Gasteiger partial charge is 0.354 e. The molecule has 1 N–H and O–H groups in total. The Bertz CT molecular complexity index is 1160. The van der Waals surface area contributed by atoms with Crippen molar-refractivity contribution in [3.05, 3.63) is 63.6 Å². The van der Waals surface area contributed by atoms with Gasteiger partial charge in [-0.15, -0.1) is 0 Å². The minimum absolute atomic E-state index is 0.0999. The van der Waals surface area contributed by atoms with E-state index in [4.69, 9.17) is 23.2 Å². The molecule has 192 valence electrons. The van der Waals surface area contributed by atoms with Crippen molar-refractivity contribution >= 4 is 50.7 Å². The summed E-state index contributed by atoms with van der Waals surface area (Å²) >= 11 is 12.2. The second-order valence-electron chi connectivity index (χ2n) is 8.88. The summed E-state index contributed by atoms with van der Waals surface area (Å²) in [7, 11) is -3.88. The maximum atomic E-state index is 13.7. The third-order valence-electron chi connectivity index (χ3n) is 5.53. The number of hydrogen-bond donors (Lipinski definition) is 1. The molecule has 1 unspecified atom stereocenters. The topological polar surface area (TPSA) is 86.8 Å². The van der Waals surface area contributed by atoms with E-state index in [1.807, 2.05) is 52.0 Å². The first-order valence-electron chi connectivity index (χ1n) is 11.4. The lowest BCUT2D eigenvalue weighted by Gasteiger charge is -2.33. The number of rotatable bonds is 11. The molecular formula is C25H33Cl2N3O4S. The van der Waals surface area contributed by atoms with Gasteiger partial charge in [0.1, 0.15) is 12.6 Å². The lowest BCUT2D eigenvalue weighted by atomic mass is 10.1. The fourth-order valence-corrected chi connectivity index (χ4v) is 5.01. The minimum atomic E-state index is -3.88. The van der Waals surface area contributed by atoms with E-state index in [9.17, 15) is 18.0 Å². The van der Waals surface area contributed by atoms with Crippen LogP contribution in [0.25, 0.3) is 0 Å². The van der Waals surface area contributed by atoms with Crippen LogP contribution in [0.3, 0.4) is 0 Å². The summed E-state index contributed by atoms with van der Waals surface area (Å²) in [4.78, 5) is 28.2. The molecule has 35 heavy (non-hydrogen) atoms. The smallest absolute Gasteiger partial charge is 0.244 e. The van der Waals surface area contributed by atoms with Crippen LogP contribution in [0.2, 0.25) is 10.0 Å². The summed E-state index contributed by atoms with van der Waals surface area (Å²) in [6.07, 6.45) is 1.37. The van der Waals surface area contributed by atoms with Crippen LogP contribution in [0.5, 0.6) is 0 Å². The van der Waals surface area contributed by atoms with Crippen LogP contribution in [0, 0.1) is 12.8 Å². The highest BCUT2D eigenvalue weighted by Gasteiger charge is 2.32. The number of carbonyl (C=O) groups excluding carboxylic acids is 2. The number of carbonyl (C=O) groups is 2. The predicted molar refractivity (Wildman–Crippen MR) is 142 cm³/mol. The molecule has 0 fully saturated rings. The molecule has 0 heterocycles. The van der Waals surface area contributed by atoms with E-state index in [0.29, 0.717) is 18.0 Å². The molecule has 1 atom stereocenters. The van der Waals surface area contributed by atoms with Crippen LogP contribution in [0.4, 0.5) is 5.69 Å². The molecular weight excluding hydrogens is 509 g/mol. The SMILES string of the molecule is CCC(C(=O)NCC(C)C)N(Cc1ccccc1C)C(=O)CN(c1ccc(Cl)cc1Cl)S(C)(=O)=O. The molecule has 0 saturated carbocycles. The highest BCUT2D eigenvalue weighted by atomic mass is 35.5. The molecule has 10 heteroatoms. The summed E-state index contributed by atoms with van der Waals surface area (Å²) < 4.78 is 26.3. The molecule has 2 amide bonds. The Hall–Kier alpha value is -2.29. The monoisotopic (exact) mass is 541 g/mol. The normalized spacial score (nSPS) is 12.3. The van der Waals surface area contributed by atoms with Gasteiger partial charge in [0.05, 0.1) is 17.0 Å². The highest BCUT2D eigenvalue weighted by molar-refractivity contribution is 7.92. The number of benzene rings is 2. The van der Waals surface area contributed by atoms with Gasteiger partial charge in [-0.25, -0.2) is 8.42 Å².